The number of halogens is 3. The summed E-state index contributed by atoms with van der Waals surface area (Å²) in [6.07, 6.45) is 0. The fourth-order valence-corrected chi connectivity index (χ4v) is 3.63. The Morgan fingerprint density at radius 2 is 1.60 bits per heavy atom. The molecule has 0 saturated carbocycles. The van der Waals surface area contributed by atoms with Gasteiger partial charge in [-0.1, -0.05) is 24.3 Å². The zero-order chi connectivity index (χ0) is 16.4. The number of hydrogen-bond donors (Lipinski definition) is 0. The Hall–Kier alpha value is -2.72. The van der Waals surface area contributed by atoms with Gasteiger partial charge in [-0.2, -0.15) is 8.96 Å². The lowest BCUT2D eigenvalue weighted by molar-refractivity contribution is -0.633. The fourth-order valence-electron chi connectivity index (χ4n) is 3.63. The lowest BCUT2D eigenvalue weighted by Crippen LogP contribution is -3.00. The molecule has 0 saturated heterocycles. The van der Waals surface area contributed by atoms with Crippen molar-refractivity contribution in [3.05, 3.63) is 66.2 Å². The number of para-hydroxylation sites is 1. The van der Waals surface area contributed by atoms with Crippen molar-refractivity contribution in [3.63, 3.8) is 0 Å². The SMILES string of the molecule is C[n+]1c2c3c(cccc3c3ccc(F)c(F)c31)Oc1ccccc1-2.[Cl-]. The molecule has 0 aliphatic carbocycles. The number of aromatic nitrogens is 1. The Kier molecular flexibility index (Phi) is 3.41. The van der Waals surface area contributed by atoms with E-state index in [2.05, 4.69) is 0 Å². The van der Waals surface area contributed by atoms with E-state index in [4.69, 9.17) is 4.74 Å². The summed E-state index contributed by atoms with van der Waals surface area (Å²) in [7, 11) is 1.76. The van der Waals surface area contributed by atoms with Crippen LogP contribution in [0.25, 0.3) is 32.9 Å². The smallest absolute Gasteiger partial charge is 0.252 e. The summed E-state index contributed by atoms with van der Waals surface area (Å²) < 4.78 is 36.2. The van der Waals surface area contributed by atoms with Crippen molar-refractivity contribution in [1.82, 2.24) is 0 Å². The molecule has 0 spiro atoms. The number of aryl methyl sites for hydroxylation is 1. The van der Waals surface area contributed by atoms with Crippen LogP contribution in [0.3, 0.4) is 0 Å². The highest BCUT2D eigenvalue weighted by molar-refractivity contribution is 6.12. The highest BCUT2D eigenvalue weighted by Crippen LogP contribution is 2.46. The number of hydrogen-bond acceptors (Lipinski definition) is 1. The van der Waals surface area contributed by atoms with Crippen molar-refractivity contribution in [3.8, 4) is 22.8 Å². The van der Waals surface area contributed by atoms with E-state index in [9.17, 15) is 8.78 Å². The Bertz CT molecular complexity index is 1170. The summed E-state index contributed by atoms with van der Waals surface area (Å²) in [4.78, 5) is 0. The van der Waals surface area contributed by atoms with Gasteiger partial charge in [0.2, 0.25) is 11.5 Å². The summed E-state index contributed by atoms with van der Waals surface area (Å²) in [6, 6.07) is 16.1. The van der Waals surface area contributed by atoms with Gasteiger partial charge in [0.25, 0.3) is 5.52 Å². The van der Waals surface area contributed by atoms with E-state index in [0.29, 0.717) is 11.1 Å². The Labute approximate surface area is 148 Å². The van der Waals surface area contributed by atoms with Crippen LogP contribution in [0.1, 0.15) is 0 Å². The topological polar surface area (TPSA) is 13.1 Å². The standard InChI is InChI=1S/C20H12F2NO.ClH/c1-23-19-13-5-2-3-7-15(13)24-16-8-4-6-11(17(16)19)12-9-10-14(21)18(22)20(12)23;/h2-10H,1H3;1H/q+1;/p-1. The van der Waals surface area contributed by atoms with Gasteiger partial charge >= 0.3 is 0 Å². The monoisotopic (exact) mass is 355 g/mol. The molecule has 0 unspecified atom stereocenters. The van der Waals surface area contributed by atoms with Gasteiger partial charge in [0.1, 0.15) is 18.5 Å². The fraction of sp³-hybridized carbons (Fsp3) is 0.0500. The third-order valence-corrected chi connectivity index (χ3v) is 4.66. The lowest BCUT2D eigenvalue weighted by atomic mass is 9.96. The third kappa shape index (κ3) is 1.98. The quantitative estimate of drug-likeness (QED) is 0.305. The normalized spacial score (nSPS) is 11.8. The van der Waals surface area contributed by atoms with E-state index < -0.39 is 11.6 Å². The maximum atomic E-state index is 14.6. The van der Waals surface area contributed by atoms with Crippen LogP contribution in [-0.4, -0.2) is 0 Å². The van der Waals surface area contributed by atoms with Crippen molar-refractivity contribution in [2.24, 2.45) is 7.05 Å². The zero-order valence-corrected chi connectivity index (χ0v) is 13.9. The minimum Gasteiger partial charge on any atom is -1.00 e. The summed E-state index contributed by atoms with van der Waals surface area (Å²) in [5.41, 5.74) is 1.96. The third-order valence-electron chi connectivity index (χ3n) is 4.66. The van der Waals surface area contributed by atoms with Gasteiger partial charge < -0.3 is 17.1 Å². The molecule has 2 nitrogen and oxygen atoms in total. The van der Waals surface area contributed by atoms with E-state index in [1.165, 1.54) is 6.07 Å². The number of rotatable bonds is 0. The van der Waals surface area contributed by atoms with Crippen LogP contribution < -0.4 is 21.7 Å². The van der Waals surface area contributed by atoms with Crippen LogP contribution in [0.5, 0.6) is 11.5 Å². The minimum absolute atomic E-state index is 0. The molecule has 1 aliphatic heterocycles. The van der Waals surface area contributed by atoms with Crippen LogP contribution in [0.4, 0.5) is 8.78 Å². The van der Waals surface area contributed by atoms with E-state index in [0.717, 1.165) is 27.8 Å². The first-order valence-corrected chi connectivity index (χ1v) is 7.66. The molecule has 0 N–H and O–H groups in total. The highest BCUT2D eigenvalue weighted by atomic mass is 35.5. The minimum atomic E-state index is -0.846. The lowest BCUT2D eigenvalue weighted by Gasteiger charge is -2.20. The van der Waals surface area contributed by atoms with Crippen LogP contribution in [-0.2, 0) is 7.05 Å². The van der Waals surface area contributed by atoms with Crippen LogP contribution in [0.2, 0.25) is 0 Å². The van der Waals surface area contributed by atoms with Gasteiger partial charge in [-0.15, -0.1) is 0 Å². The Morgan fingerprint density at radius 1 is 0.840 bits per heavy atom. The number of ether oxygens (including phenoxy) is 1. The van der Waals surface area contributed by atoms with E-state index in [1.807, 2.05) is 42.5 Å². The Morgan fingerprint density at radius 3 is 2.44 bits per heavy atom. The molecule has 5 rings (SSSR count). The van der Waals surface area contributed by atoms with Gasteiger partial charge in [0.15, 0.2) is 5.82 Å². The first-order valence-electron chi connectivity index (χ1n) is 7.66. The molecule has 124 valence electrons. The molecule has 1 aromatic heterocycles. The molecule has 4 aromatic rings. The number of fused-ring (bicyclic) bond motifs is 4. The van der Waals surface area contributed by atoms with Gasteiger partial charge in [-0.05, 0) is 30.3 Å². The molecule has 5 heteroatoms. The molecule has 0 atom stereocenters. The average Bonchev–Trinajstić information content (AvgIpc) is 2.60. The highest BCUT2D eigenvalue weighted by Gasteiger charge is 2.31. The van der Waals surface area contributed by atoms with Crippen molar-refractivity contribution in [2.75, 3.05) is 0 Å². The van der Waals surface area contributed by atoms with E-state index >= 15 is 0 Å². The Balaban J connectivity index is 0.00000157. The van der Waals surface area contributed by atoms with Crippen molar-refractivity contribution < 1.29 is 30.5 Å². The second-order valence-corrected chi connectivity index (χ2v) is 5.94. The predicted octanol–water partition coefficient (Wildman–Crippen LogP) is 1.87. The maximum Gasteiger partial charge on any atom is 0.252 e. The van der Waals surface area contributed by atoms with E-state index in [1.54, 1.807) is 17.7 Å². The summed E-state index contributed by atoms with van der Waals surface area (Å²) in [6.45, 7) is 0. The molecular weight excluding hydrogens is 344 g/mol. The molecule has 3 aromatic carbocycles. The number of nitrogens with zero attached hydrogens (tertiary/aromatic N) is 1. The van der Waals surface area contributed by atoms with Crippen molar-refractivity contribution in [1.29, 1.82) is 0 Å². The molecule has 0 amide bonds. The second kappa shape index (κ2) is 5.39. The first kappa shape index (κ1) is 15.8. The van der Waals surface area contributed by atoms with Crippen molar-refractivity contribution >= 4 is 21.7 Å². The summed E-state index contributed by atoms with van der Waals surface area (Å²) in [5, 5.41) is 2.43. The molecule has 25 heavy (non-hydrogen) atoms. The van der Waals surface area contributed by atoms with Gasteiger partial charge in [-0.25, -0.2) is 4.39 Å². The van der Waals surface area contributed by atoms with Gasteiger partial charge in [0, 0.05) is 5.39 Å². The largest absolute Gasteiger partial charge is 1.00 e. The zero-order valence-electron chi connectivity index (χ0n) is 13.2. The van der Waals surface area contributed by atoms with Crippen LogP contribution in [0, 0.1) is 11.6 Å². The average molecular weight is 356 g/mol. The molecular formula is C20H12ClF2NO. The van der Waals surface area contributed by atoms with Gasteiger partial charge in [-0.3, -0.25) is 0 Å². The first-order chi connectivity index (χ1) is 11.7. The van der Waals surface area contributed by atoms with Crippen LogP contribution >= 0.6 is 0 Å². The van der Waals surface area contributed by atoms with Gasteiger partial charge in [0.05, 0.1) is 16.3 Å². The molecule has 2 heterocycles. The number of pyridine rings is 1. The number of benzene rings is 3. The predicted molar refractivity (Wildman–Crippen MR) is 88.1 cm³/mol. The molecule has 0 fully saturated rings. The molecule has 1 aliphatic rings. The second-order valence-electron chi connectivity index (χ2n) is 5.94. The summed E-state index contributed by atoms with van der Waals surface area (Å²) in [5.74, 6) is -0.239. The maximum absolute atomic E-state index is 14.6. The van der Waals surface area contributed by atoms with Crippen LogP contribution in [0.15, 0.2) is 54.6 Å². The summed E-state index contributed by atoms with van der Waals surface area (Å²) >= 11 is 0. The van der Waals surface area contributed by atoms with E-state index in [-0.39, 0.29) is 17.9 Å². The molecule has 0 radical (unpaired) electrons. The molecule has 0 bridgehead atoms. The van der Waals surface area contributed by atoms with Crippen molar-refractivity contribution in [2.45, 2.75) is 0 Å².